The Morgan fingerprint density at radius 3 is 2.89 bits per heavy atom. The molecular weight excluding hydrogens is 266 g/mol. The van der Waals surface area contributed by atoms with Gasteiger partial charge in [-0.05, 0) is 5.56 Å². The van der Waals surface area contributed by atoms with Crippen LogP contribution in [-0.4, -0.2) is 35.1 Å². The van der Waals surface area contributed by atoms with Crippen LogP contribution in [0.15, 0.2) is 30.3 Å². The molecule has 1 amide bonds. The molecule has 2 rings (SSSR count). The summed E-state index contributed by atoms with van der Waals surface area (Å²) in [6, 6.07) is 9.71. The SMILES string of the molecule is O=C(NCC1CSCCS1)OCc1ccccc1. The summed E-state index contributed by atoms with van der Waals surface area (Å²) < 4.78 is 5.15. The molecule has 98 valence electrons. The van der Waals surface area contributed by atoms with E-state index in [1.54, 1.807) is 0 Å². The van der Waals surface area contributed by atoms with E-state index in [0.717, 1.165) is 11.3 Å². The minimum Gasteiger partial charge on any atom is -0.445 e. The van der Waals surface area contributed by atoms with Crippen molar-refractivity contribution in [3.8, 4) is 0 Å². The first-order valence-corrected chi connectivity index (χ1v) is 8.19. The number of ether oxygens (including phenoxy) is 1. The fourth-order valence-corrected chi connectivity index (χ4v) is 4.24. The van der Waals surface area contributed by atoms with E-state index in [1.807, 2.05) is 53.9 Å². The third kappa shape index (κ3) is 4.82. The van der Waals surface area contributed by atoms with E-state index < -0.39 is 0 Å². The average Bonchev–Trinajstić information content (AvgIpc) is 2.45. The van der Waals surface area contributed by atoms with Crippen molar-refractivity contribution in [1.29, 1.82) is 0 Å². The number of hydrogen-bond acceptors (Lipinski definition) is 4. The van der Waals surface area contributed by atoms with Crippen molar-refractivity contribution < 1.29 is 9.53 Å². The zero-order valence-corrected chi connectivity index (χ0v) is 11.8. The summed E-state index contributed by atoms with van der Waals surface area (Å²) in [6.45, 7) is 1.03. The lowest BCUT2D eigenvalue weighted by Gasteiger charge is -2.20. The maximum absolute atomic E-state index is 11.5. The van der Waals surface area contributed by atoms with Gasteiger partial charge in [0, 0.05) is 29.1 Å². The van der Waals surface area contributed by atoms with Gasteiger partial charge in [0.25, 0.3) is 0 Å². The van der Waals surface area contributed by atoms with E-state index >= 15 is 0 Å². The van der Waals surface area contributed by atoms with Gasteiger partial charge in [0.05, 0.1) is 0 Å². The molecule has 0 aliphatic carbocycles. The molecule has 18 heavy (non-hydrogen) atoms. The Balaban J connectivity index is 1.63. The van der Waals surface area contributed by atoms with E-state index in [4.69, 9.17) is 4.74 Å². The lowest BCUT2D eigenvalue weighted by Crippen LogP contribution is -2.33. The Kier molecular flexibility index (Phi) is 5.74. The van der Waals surface area contributed by atoms with Gasteiger partial charge in [-0.25, -0.2) is 4.79 Å². The molecule has 3 nitrogen and oxygen atoms in total. The molecule has 0 bridgehead atoms. The van der Waals surface area contributed by atoms with Crippen molar-refractivity contribution in [2.24, 2.45) is 0 Å². The molecule has 0 aromatic heterocycles. The van der Waals surface area contributed by atoms with Gasteiger partial charge in [0.1, 0.15) is 6.61 Å². The predicted molar refractivity (Wildman–Crippen MR) is 78.2 cm³/mol. The van der Waals surface area contributed by atoms with Crippen molar-refractivity contribution in [3.05, 3.63) is 35.9 Å². The van der Waals surface area contributed by atoms with Gasteiger partial charge in [-0.2, -0.15) is 23.5 Å². The smallest absolute Gasteiger partial charge is 0.407 e. The Bertz CT molecular complexity index is 367. The number of alkyl carbamates (subject to hydrolysis) is 1. The minimum absolute atomic E-state index is 0.324. The molecule has 1 aromatic rings. The van der Waals surface area contributed by atoms with Crippen LogP contribution in [0, 0.1) is 0 Å². The molecule has 0 saturated carbocycles. The quantitative estimate of drug-likeness (QED) is 0.922. The molecule has 0 radical (unpaired) electrons. The predicted octanol–water partition coefficient (Wildman–Crippen LogP) is 2.76. The van der Waals surface area contributed by atoms with Crippen LogP contribution in [0.25, 0.3) is 0 Å². The van der Waals surface area contributed by atoms with Crippen LogP contribution in [0.3, 0.4) is 0 Å². The number of carbonyl (C=O) groups excluding carboxylic acids is 1. The Labute approximate surface area is 116 Å². The third-order valence-corrected chi connectivity index (χ3v) is 5.42. The van der Waals surface area contributed by atoms with Crippen LogP contribution in [0.5, 0.6) is 0 Å². The highest BCUT2D eigenvalue weighted by molar-refractivity contribution is 8.06. The van der Waals surface area contributed by atoms with Crippen LogP contribution >= 0.6 is 23.5 Å². The molecular formula is C13H17NO2S2. The largest absolute Gasteiger partial charge is 0.445 e. The molecule has 1 N–H and O–H groups in total. The number of amides is 1. The molecule has 1 aliphatic heterocycles. The van der Waals surface area contributed by atoms with Crippen molar-refractivity contribution in [3.63, 3.8) is 0 Å². The fourth-order valence-electron chi connectivity index (χ4n) is 1.63. The zero-order valence-electron chi connectivity index (χ0n) is 10.1. The number of hydrogen-bond donors (Lipinski definition) is 1. The number of thioether (sulfide) groups is 2. The normalized spacial score (nSPS) is 19.2. The Morgan fingerprint density at radius 1 is 1.33 bits per heavy atom. The third-order valence-electron chi connectivity index (χ3n) is 2.57. The maximum Gasteiger partial charge on any atom is 0.407 e. The lowest BCUT2D eigenvalue weighted by atomic mass is 10.2. The second-order valence-corrected chi connectivity index (χ2v) is 6.57. The van der Waals surface area contributed by atoms with Gasteiger partial charge in [0.15, 0.2) is 0 Å². The fraction of sp³-hybridized carbons (Fsp3) is 0.462. The van der Waals surface area contributed by atoms with E-state index in [1.165, 1.54) is 11.5 Å². The molecule has 1 aromatic carbocycles. The van der Waals surface area contributed by atoms with Gasteiger partial charge in [-0.3, -0.25) is 0 Å². The average molecular weight is 283 g/mol. The lowest BCUT2D eigenvalue weighted by molar-refractivity contribution is 0.140. The summed E-state index contributed by atoms with van der Waals surface area (Å²) >= 11 is 3.88. The van der Waals surface area contributed by atoms with Crippen LogP contribution in [0.4, 0.5) is 4.79 Å². The first-order chi connectivity index (χ1) is 8.84. The van der Waals surface area contributed by atoms with Gasteiger partial charge >= 0.3 is 6.09 Å². The first-order valence-electron chi connectivity index (χ1n) is 5.98. The summed E-state index contributed by atoms with van der Waals surface area (Å²) in [7, 11) is 0. The molecule has 1 saturated heterocycles. The summed E-state index contributed by atoms with van der Waals surface area (Å²) in [4.78, 5) is 11.5. The molecule has 1 fully saturated rings. The molecule has 0 spiro atoms. The highest BCUT2D eigenvalue weighted by Crippen LogP contribution is 2.23. The van der Waals surface area contributed by atoms with Crippen molar-refractivity contribution in [2.75, 3.05) is 23.8 Å². The monoisotopic (exact) mass is 283 g/mol. The molecule has 1 unspecified atom stereocenters. The summed E-state index contributed by atoms with van der Waals surface area (Å²) in [5, 5.41) is 3.35. The van der Waals surface area contributed by atoms with E-state index in [-0.39, 0.29) is 6.09 Å². The topological polar surface area (TPSA) is 38.3 Å². The Hall–Kier alpha value is -0.810. The standard InChI is InChI=1S/C13H17NO2S2/c15-13(14-8-12-10-17-6-7-18-12)16-9-11-4-2-1-3-5-11/h1-5,12H,6-10H2,(H,14,15). The number of carbonyl (C=O) groups is 1. The maximum atomic E-state index is 11.5. The number of benzene rings is 1. The van der Waals surface area contributed by atoms with E-state index in [0.29, 0.717) is 18.4 Å². The van der Waals surface area contributed by atoms with Gasteiger partial charge in [0.2, 0.25) is 0 Å². The molecule has 1 aliphatic rings. The second kappa shape index (κ2) is 7.59. The first kappa shape index (κ1) is 13.6. The molecule has 1 heterocycles. The van der Waals surface area contributed by atoms with E-state index in [2.05, 4.69) is 5.32 Å². The summed E-state index contributed by atoms with van der Waals surface area (Å²) in [5.74, 6) is 3.51. The van der Waals surface area contributed by atoms with Crippen LogP contribution in [-0.2, 0) is 11.3 Å². The highest BCUT2D eigenvalue weighted by Gasteiger charge is 2.15. The highest BCUT2D eigenvalue weighted by atomic mass is 32.2. The van der Waals surface area contributed by atoms with Crippen LogP contribution < -0.4 is 5.32 Å². The van der Waals surface area contributed by atoms with Gasteiger partial charge in [-0.15, -0.1) is 0 Å². The summed E-state index contributed by atoms with van der Waals surface area (Å²) in [6.07, 6.45) is -0.324. The second-order valence-electron chi connectivity index (χ2n) is 4.01. The van der Waals surface area contributed by atoms with Crippen LogP contribution in [0.2, 0.25) is 0 Å². The Morgan fingerprint density at radius 2 is 2.17 bits per heavy atom. The van der Waals surface area contributed by atoms with E-state index in [9.17, 15) is 4.79 Å². The number of nitrogens with one attached hydrogen (secondary N) is 1. The number of rotatable bonds is 4. The van der Waals surface area contributed by atoms with Gasteiger partial charge in [-0.1, -0.05) is 30.3 Å². The van der Waals surface area contributed by atoms with Crippen LogP contribution in [0.1, 0.15) is 5.56 Å². The molecule has 1 atom stereocenters. The van der Waals surface area contributed by atoms with Crippen molar-refractivity contribution >= 4 is 29.6 Å². The zero-order chi connectivity index (χ0) is 12.6. The minimum atomic E-state index is -0.324. The van der Waals surface area contributed by atoms with Crippen molar-refractivity contribution in [1.82, 2.24) is 5.32 Å². The van der Waals surface area contributed by atoms with Crippen molar-refractivity contribution in [2.45, 2.75) is 11.9 Å². The van der Waals surface area contributed by atoms with Gasteiger partial charge < -0.3 is 10.1 Å². The molecule has 5 heteroatoms. The summed E-state index contributed by atoms with van der Waals surface area (Å²) in [5.41, 5.74) is 1.01.